The molecule has 138 valence electrons. The van der Waals surface area contributed by atoms with Gasteiger partial charge >= 0.3 is 5.97 Å². The molecular weight excluding hydrogens is 353 g/mol. The topological polar surface area (TPSA) is 92.4 Å². The summed E-state index contributed by atoms with van der Waals surface area (Å²) in [6.07, 6.45) is 0. The molecule has 0 saturated carbocycles. The minimum Gasteiger partial charge on any atom is -0.451 e. The molecule has 0 aliphatic rings. The molecule has 3 aromatic rings. The highest BCUT2D eigenvalue weighted by atomic mass is 19.1. The Hall–Kier alpha value is -3.55. The van der Waals surface area contributed by atoms with Crippen LogP contribution in [-0.2, 0) is 16.1 Å². The molecule has 1 aromatic heterocycles. The van der Waals surface area contributed by atoms with Crippen molar-refractivity contribution >= 4 is 22.6 Å². The van der Waals surface area contributed by atoms with Gasteiger partial charge in [-0.3, -0.25) is 9.59 Å². The first-order valence-corrected chi connectivity index (χ1v) is 8.08. The van der Waals surface area contributed by atoms with E-state index in [2.05, 4.69) is 10.2 Å². The number of aromatic amines is 1. The van der Waals surface area contributed by atoms with Crippen molar-refractivity contribution in [3.63, 3.8) is 0 Å². The van der Waals surface area contributed by atoms with Gasteiger partial charge in [-0.25, -0.2) is 14.3 Å². The minimum atomic E-state index is -0.824. The van der Waals surface area contributed by atoms with Crippen LogP contribution in [0.5, 0.6) is 0 Å². The largest absolute Gasteiger partial charge is 0.451 e. The number of aromatic nitrogens is 2. The lowest BCUT2D eigenvalue weighted by molar-refractivity contribution is -0.133. The Bertz CT molecular complexity index is 1060. The van der Waals surface area contributed by atoms with Crippen molar-refractivity contribution in [2.45, 2.75) is 6.54 Å². The number of esters is 1. The highest BCUT2D eigenvalue weighted by Crippen LogP contribution is 2.13. The van der Waals surface area contributed by atoms with Gasteiger partial charge in [-0.2, -0.15) is 5.10 Å². The number of nitrogens with one attached hydrogen (secondary N) is 1. The summed E-state index contributed by atoms with van der Waals surface area (Å²) in [5, 5.41) is 6.60. The second-order valence-corrected chi connectivity index (χ2v) is 5.90. The number of carbonyl (C=O) groups is 2. The maximum Gasteiger partial charge on any atom is 0.359 e. The lowest BCUT2D eigenvalue weighted by Gasteiger charge is -2.17. The van der Waals surface area contributed by atoms with Crippen molar-refractivity contribution < 1.29 is 18.7 Å². The van der Waals surface area contributed by atoms with Gasteiger partial charge in [0.1, 0.15) is 5.82 Å². The molecule has 27 heavy (non-hydrogen) atoms. The molecule has 2 aromatic carbocycles. The first kappa shape index (κ1) is 18.2. The molecule has 0 aliphatic carbocycles. The molecule has 0 fully saturated rings. The number of nitrogens with zero attached hydrogens (tertiary/aromatic N) is 2. The van der Waals surface area contributed by atoms with Gasteiger partial charge in [0, 0.05) is 19.0 Å². The minimum absolute atomic E-state index is 0.0780. The molecule has 1 amide bonds. The molecule has 7 nitrogen and oxygen atoms in total. The van der Waals surface area contributed by atoms with Crippen LogP contribution in [0.1, 0.15) is 16.1 Å². The third kappa shape index (κ3) is 4.17. The highest BCUT2D eigenvalue weighted by Gasteiger charge is 2.18. The second kappa shape index (κ2) is 7.77. The van der Waals surface area contributed by atoms with Crippen molar-refractivity contribution in [2.24, 2.45) is 0 Å². The van der Waals surface area contributed by atoms with Gasteiger partial charge in [0.15, 0.2) is 12.3 Å². The zero-order valence-electron chi connectivity index (χ0n) is 14.4. The first-order valence-electron chi connectivity index (χ1n) is 8.08. The Morgan fingerprint density at radius 3 is 2.63 bits per heavy atom. The van der Waals surface area contributed by atoms with E-state index in [1.54, 1.807) is 36.4 Å². The van der Waals surface area contributed by atoms with Gasteiger partial charge in [0.05, 0.1) is 5.39 Å². The summed E-state index contributed by atoms with van der Waals surface area (Å²) in [7, 11) is 1.52. The number of fused-ring (bicyclic) bond motifs is 1. The molecule has 1 heterocycles. The van der Waals surface area contributed by atoms with Gasteiger partial charge < -0.3 is 9.64 Å². The standard InChI is InChI=1S/C19H16FN3O4/c1-23(10-12-5-4-6-13(20)9-12)16(24)11-27-19(26)17-14-7-2-3-8-15(14)18(25)22-21-17/h2-9H,10-11H2,1H3,(H,22,25). The van der Waals surface area contributed by atoms with E-state index in [1.165, 1.54) is 24.1 Å². The summed E-state index contributed by atoms with van der Waals surface area (Å²) in [4.78, 5) is 37.5. The van der Waals surface area contributed by atoms with Crippen LogP contribution in [0.3, 0.4) is 0 Å². The lowest BCUT2D eigenvalue weighted by atomic mass is 10.1. The van der Waals surface area contributed by atoms with Crippen molar-refractivity contribution in [1.82, 2.24) is 15.1 Å². The van der Waals surface area contributed by atoms with E-state index >= 15 is 0 Å². The summed E-state index contributed by atoms with van der Waals surface area (Å²) in [6, 6.07) is 12.3. The van der Waals surface area contributed by atoms with E-state index < -0.39 is 29.9 Å². The average molecular weight is 369 g/mol. The van der Waals surface area contributed by atoms with E-state index in [-0.39, 0.29) is 12.2 Å². The monoisotopic (exact) mass is 369 g/mol. The SMILES string of the molecule is CN(Cc1cccc(F)c1)C(=O)COC(=O)c1n[nH]c(=O)c2ccccc12. The lowest BCUT2D eigenvalue weighted by Crippen LogP contribution is -2.31. The van der Waals surface area contributed by atoms with Gasteiger partial charge in [0.2, 0.25) is 0 Å². The second-order valence-electron chi connectivity index (χ2n) is 5.90. The molecule has 0 radical (unpaired) electrons. The van der Waals surface area contributed by atoms with Crippen LogP contribution >= 0.6 is 0 Å². The number of benzene rings is 2. The summed E-state index contributed by atoms with van der Waals surface area (Å²) in [6.45, 7) is -0.326. The Labute approximate surface area is 153 Å². The van der Waals surface area contributed by atoms with Crippen LogP contribution < -0.4 is 5.56 Å². The molecule has 0 bridgehead atoms. The molecule has 3 rings (SSSR count). The predicted molar refractivity (Wildman–Crippen MR) is 95.5 cm³/mol. The van der Waals surface area contributed by atoms with Crippen LogP contribution in [0, 0.1) is 5.82 Å². The highest BCUT2D eigenvalue weighted by molar-refractivity contribution is 6.02. The molecule has 8 heteroatoms. The zero-order chi connectivity index (χ0) is 19.4. The van der Waals surface area contributed by atoms with E-state index in [9.17, 15) is 18.8 Å². The Morgan fingerprint density at radius 1 is 1.15 bits per heavy atom. The number of H-pyrrole nitrogens is 1. The number of rotatable bonds is 5. The van der Waals surface area contributed by atoms with Crippen LogP contribution in [0.15, 0.2) is 53.3 Å². The van der Waals surface area contributed by atoms with Crippen molar-refractivity contribution in [3.8, 4) is 0 Å². The third-order valence-corrected chi connectivity index (χ3v) is 3.95. The fourth-order valence-electron chi connectivity index (χ4n) is 2.57. The smallest absolute Gasteiger partial charge is 0.359 e. The molecular formula is C19H16FN3O4. The van der Waals surface area contributed by atoms with Gasteiger partial charge in [-0.05, 0) is 23.8 Å². The number of carbonyl (C=O) groups excluding carboxylic acids is 2. The molecule has 0 unspecified atom stereocenters. The summed E-state index contributed by atoms with van der Waals surface area (Å²) in [5.74, 6) is -1.67. The van der Waals surface area contributed by atoms with E-state index in [0.717, 1.165) is 0 Å². The number of hydrogen-bond acceptors (Lipinski definition) is 5. The molecule has 1 N–H and O–H groups in total. The molecule has 0 spiro atoms. The maximum atomic E-state index is 13.2. The Morgan fingerprint density at radius 2 is 1.89 bits per heavy atom. The summed E-state index contributed by atoms with van der Waals surface area (Å²) >= 11 is 0. The fraction of sp³-hybridized carbons (Fsp3) is 0.158. The van der Waals surface area contributed by atoms with Crippen molar-refractivity contribution in [3.05, 3.63) is 76.0 Å². The van der Waals surface area contributed by atoms with Crippen molar-refractivity contribution in [2.75, 3.05) is 13.7 Å². The van der Waals surface area contributed by atoms with Gasteiger partial charge in [0.25, 0.3) is 11.5 Å². The molecule has 0 saturated heterocycles. The van der Waals surface area contributed by atoms with Crippen LogP contribution in [0.25, 0.3) is 10.8 Å². The number of halogens is 1. The number of ether oxygens (including phenoxy) is 1. The zero-order valence-corrected chi connectivity index (χ0v) is 14.4. The predicted octanol–water partition coefficient (Wildman–Crippen LogP) is 1.88. The van der Waals surface area contributed by atoms with Crippen LogP contribution in [0.4, 0.5) is 4.39 Å². The normalized spacial score (nSPS) is 10.6. The first-order chi connectivity index (χ1) is 13.0. The van der Waals surface area contributed by atoms with Gasteiger partial charge in [-0.15, -0.1) is 0 Å². The van der Waals surface area contributed by atoms with Crippen LogP contribution in [-0.4, -0.2) is 40.6 Å². The Kier molecular flexibility index (Phi) is 5.25. The Balaban J connectivity index is 1.66. The number of amides is 1. The van der Waals surface area contributed by atoms with E-state index in [0.29, 0.717) is 16.3 Å². The fourth-order valence-corrected chi connectivity index (χ4v) is 2.57. The van der Waals surface area contributed by atoms with Gasteiger partial charge in [-0.1, -0.05) is 30.3 Å². The molecule has 0 aliphatic heterocycles. The maximum absolute atomic E-state index is 13.2. The van der Waals surface area contributed by atoms with Crippen molar-refractivity contribution in [1.29, 1.82) is 0 Å². The third-order valence-electron chi connectivity index (χ3n) is 3.95. The van der Waals surface area contributed by atoms with Crippen LogP contribution in [0.2, 0.25) is 0 Å². The van der Waals surface area contributed by atoms with E-state index in [4.69, 9.17) is 4.74 Å². The quantitative estimate of drug-likeness (QED) is 0.693. The summed E-state index contributed by atoms with van der Waals surface area (Å²) < 4.78 is 18.2. The number of hydrogen-bond donors (Lipinski definition) is 1. The molecule has 0 atom stereocenters. The summed E-state index contributed by atoms with van der Waals surface area (Å²) in [5.41, 5.74) is 0.115. The number of likely N-dealkylation sites (N-methyl/N-ethyl adjacent to an activating group) is 1. The van der Waals surface area contributed by atoms with E-state index in [1.807, 2.05) is 0 Å². The average Bonchev–Trinajstić information content (AvgIpc) is 2.66.